The van der Waals surface area contributed by atoms with Crippen LogP contribution < -0.4 is 5.32 Å². The van der Waals surface area contributed by atoms with Crippen LogP contribution in [0, 0.1) is 13.8 Å². The molecule has 1 amide bonds. The Kier molecular flexibility index (Phi) is 5.23. The Balaban J connectivity index is 1.59. The summed E-state index contributed by atoms with van der Waals surface area (Å²) in [6, 6.07) is 13.5. The Morgan fingerprint density at radius 3 is 2.76 bits per heavy atom. The lowest BCUT2D eigenvalue weighted by atomic mass is 10.1. The molecule has 0 aliphatic heterocycles. The molecule has 2 N–H and O–H groups in total. The first-order valence-corrected chi connectivity index (χ1v) is 8.45. The van der Waals surface area contributed by atoms with Crippen LogP contribution in [0.5, 0.6) is 0 Å². The fourth-order valence-electron chi connectivity index (χ4n) is 2.82. The molecular weight excluding hydrogens is 312 g/mol. The highest BCUT2D eigenvalue weighted by atomic mass is 16.1. The third kappa shape index (κ3) is 4.32. The van der Waals surface area contributed by atoms with Crippen LogP contribution in [0.3, 0.4) is 0 Å². The van der Waals surface area contributed by atoms with Crippen LogP contribution in [0.4, 0.5) is 0 Å². The first-order chi connectivity index (χ1) is 12.1. The van der Waals surface area contributed by atoms with Crippen LogP contribution in [-0.2, 0) is 6.42 Å². The van der Waals surface area contributed by atoms with Crippen molar-refractivity contribution in [2.75, 3.05) is 6.54 Å². The van der Waals surface area contributed by atoms with Crippen molar-refractivity contribution in [3.63, 3.8) is 0 Å². The number of nitrogens with zero attached hydrogens (tertiary/aromatic N) is 2. The number of hydrogen-bond acceptors (Lipinski definition) is 3. The molecule has 0 spiro atoms. The minimum absolute atomic E-state index is 0.0622. The van der Waals surface area contributed by atoms with Crippen molar-refractivity contribution in [3.8, 4) is 11.3 Å². The zero-order valence-corrected chi connectivity index (χ0v) is 14.5. The number of amides is 1. The van der Waals surface area contributed by atoms with Crippen molar-refractivity contribution in [3.05, 3.63) is 71.4 Å². The Morgan fingerprint density at radius 1 is 1.16 bits per heavy atom. The minimum Gasteiger partial charge on any atom is -0.352 e. The first-order valence-electron chi connectivity index (χ1n) is 8.45. The van der Waals surface area contributed by atoms with Crippen molar-refractivity contribution in [2.45, 2.75) is 26.7 Å². The van der Waals surface area contributed by atoms with E-state index in [1.165, 1.54) is 0 Å². The molecule has 0 bridgehead atoms. The van der Waals surface area contributed by atoms with Gasteiger partial charge >= 0.3 is 0 Å². The Hall–Kier alpha value is -2.95. The lowest BCUT2D eigenvalue weighted by Crippen LogP contribution is -2.24. The van der Waals surface area contributed by atoms with E-state index in [4.69, 9.17) is 0 Å². The van der Waals surface area contributed by atoms with Gasteiger partial charge in [-0.15, -0.1) is 0 Å². The fraction of sp³-hybridized carbons (Fsp3) is 0.250. The molecule has 3 aromatic rings. The van der Waals surface area contributed by atoms with E-state index in [0.717, 1.165) is 41.3 Å². The molecule has 5 nitrogen and oxygen atoms in total. The summed E-state index contributed by atoms with van der Waals surface area (Å²) in [6.45, 7) is 4.54. The second-order valence-electron chi connectivity index (χ2n) is 6.06. The average Bonchev–Trinajstić information content (AvgIpc) is 2.98. The SMILES string of the molecule is Cc1nc(-c2cccc(C(=O)NCCCc3ccccn3)c2)c(C)[nH]1. The highest BCUT2D eigenvalue weighted by molar-refractivity contribution is 5.95. The Morgan fingerprint density at radius 2 is 2.04 bits per heavy atom. The zero-order valence-electron chi connectivity index (χ0n) is 14.5. The zero-order chi connectivity index (χ0) is 17.6. The van der Waals surface area contributed by atoms with E-state index in [-0.39, 0.29) is 5.91 Å². The number of pyridine rings is 1. The smallest absolute Gasteiger partial charge is 0.251 e. The van der Waals surface area contributed by atoms with Crippen molar-refractivity contribution in [1.82, 2.24) is 20.3 Å². The van der Waals surface area contributed by atoms with Crippen molar-refractivity contribution in [1.29, 1.82) is 0 Å². The van der Waals surface area contributed by atoms with Gasteiger partial charge in [0.2, 0.25) is 0 Å². The minimum atomic E-state index is -0.0622. The number of rotatable bonds is 6. The molecule has 0 aliphatic rings. The van der Waals surface area contributed by atoms with Gasteiger partial charge in [0.05, 0.1) is 5.69 Å². The van der Waals surface area contributed by atoms with Gasteiger partial charge < -0.3 is 10.3 Å². The summed E-state index contributed by atoms with van der Waals surface area (Å²) in [5, 5.41) is 2.97. The number of aromatic nitrogens is 3. The first kappa shape index (κ1) is 16.9. The molecule has 2 aromatic heterocycles. The molecule has 0 atom stereocenters. The molecule has 0 saturated heterocycles. The van der Waals surface area contributed by atoms with Crippen LogP contribution in [0.25, 0.3) is 11.3 Å². The Bertz CT molecular complexity index is 855. The maximum atomic E-state index is 12.4. The van der Waals surface area contributed by atoms with E-state index in [9.17, 15) is 4.79 Å². The molecular formula is C20H22N4O. The van der Waals surface area contributed by atoms with Crippen LogP contribution >= 0.6 is 0 Å². The van der Waals surface area contributed by atoms with Gasteiger partial charge in [0, 0.05) is 35.3 Å². The second-order valence-corrected chi connectivity index (χ2v) is 6.06. The summed E-state index contributed by atoms with van der Waals surface area (Å²) >= 11 is 0. The van der Waals surface area contributed by atoms with Gasteiger partial charge in [-0.05, 0) is 51.0 Å². The second kappa shape index (κ2) is 7.75. The molecule has 5 heteroatoms. The summed E-state index contributed by atoms with van der Waals surface area (Å²) in [6.07, 6.45) is 3.51. The van der Waals surface area contributed by atoms with E-state index in [2.05, 4.69) is 20.3 Å². The quantitative estimate of drug-likeness (QED) is 0.678. The molecule has 128 valence electrons. The standard InChI is InChI=1S/C20H22N4O/c1-14-19(24-15(2)23-14)16-7-5-8-17(13-16)20(25)22-12-6-10-18-9-3-4-11-21-18/h3-5,7-9,11,13H,6,10,12H2,1-2H3,(H,22,25)(H,23,24). The maximum absolute atomic E-state index is 12.4. The lowest BCUT2D eigenvalue weighted by Gasteiger charge is -2.07. The molecule has 3 rings (SSSR count). The molecule has 25 heavy (non-hydrogen) atoms. The van der Waals surface area contributed by atoms with Gasteiger partial charge in [-0.1, -0.05) is 18.2 Å². The number of imidazole rings is 1. The summed E-state index contributed by atoms with van der Waals surface area (Å²) < 4.78 is 0. The lowest BCUT2D eigenvalue weighted by molar-refractivity contribution is 0.0953. The van der Waals surface area contributed by atoms with E-state index in [0.29, 0.717) is 12.1 Å². The average molecular weight is 334 g/mol. The third-order valence-electron chi connectivity index (χ3n) is 4.02. The molecule has 0 unspecified atom stereocenters. The van der Waals surface area contributed by atoms with Crippen molar-refractivity contribution in [2.24, 2.45) is 0 Å². The molecule has 0 aliphatic carbocycles. The van der Waals surface area contributed by atoms with E-state index in [1.807, 2.05) is 56.3 Å². The van der Waals surface area contributed by atoms with Crippen molar-refractivity contribution < 1.29 is 4.79 Å². The number of carbonyl (C=O) groups is 1. The van der Waals surface area contributed by atoms with Crippen LogP contribution in [-0.4, -0.2) is 27.4 Å². The fourth-order valence-corrected chi connectivity index (χ4v) is 2.82. The summed E-state index contributed by atoms with van der Waals surface area (Å²) in [7, 11) is 0. The number of hydrogen-bond donors (Lipinski definition) is 2. The highest BCUT2D eigenvalue weighted by Crippen LogP contribution is 2.22. The molecule has 2 heterocycles. The topological polar surface area (TPSA) is 70.7 Å². The number of nitrogens with one attached hydrogen (secondary N) is 2. The van der Waals surface area contributed by atoms with E-state index in [1.54, 1.807) is 6.20 Å². The van der Waals surface area contributed by atoms with Gasteiger partial charge in [0.25, 0.3) is 5.91 Å². The number of aryl methyl sites for hydroxylation is 3. The van der Waals surface area contributed by atoms with Crippen LogP contribution in [0.1, 0.15) is 34.0 Å². The predicted octanol–water partition coefficient (Wildman–Crippen LogP) is 3.45. The van der Waals surface area contributed by atoms with E-state index >= 15 is 0 Å². The molecule has 0 fully saturated rings. The van der Waals surface area contributed by atoms with Gasteiger partial charge in [-0.3, -0.25) is 9.78 Å². The van der Waals surface area contributed by atoms with Gasteiger partial charge in [-0.25, -0.2) is 4.98 Å². The monoisotopic (exact) mass is 334 g/mol. The molecule has 0 radical (unpaired) electrons. The largest absolute Gasteiger partial charge is 0.352 e. The molecule has 0 saturated carbocycles. The van der Waals surface area contributed by atoms with Gasteiger partial charge in [-0.2, -0.15) is 0 Å². The maximum Gasteiger partial charge on any atom is 0.251 e. The predicted molar refractivity (Wildman–Crippen MR) is 98.4 cm³/mol. The van der Waals surface area contributed by atoms with E-state index < -0.39 is 0 Å². The molecule has 1 aromatic carbocycles. The number of H-pyrrole nitrogens is 1. The Labute approximate surface area is 147 Å². The highest BCUT2D eigenvalue weighted by Gasteiger charge is 2.10. The van der Waals surface area contributed by atoms with Crippen LogP contribution in [0.2, 0.25) is 0 Å². The van der Waals surface area contributed by atoms with Gasteiger partial charge in [0.1, 0.15) is 5.82 Å². The number of aromatic amines is 1. The summed E-state index contributed by atoms with van der Waals surface area (Å²) in [4.78, 5) is 24.4. The third-order valence-corrected chi connectivity index (χ3v) is 4.02. The van der Waals surface area contributed by atoms with Crippen LogP contribution in [0.15, 0.2) is 48.7 Å². The van der Waals surface area contributed by atoms with Gasteiger partial charge in [0.15, 0.2) is 0 Å². The normalized spacial score (nSPS) is 10.6. The summed E-state index contributed by atoms with van der Waals surface area (Å²) in [5.41, 5.74) is 4.54. The van der Waals surface area contributed by atoms with Crippen molar-refractivity contribution >= 4 is 5.91 Å². The number of carbonyl (C=O) groups excluding carboxylic acids is 1. The number of benzene rings is 1. The summed E-state index contributed by atoms with van der Waals surface area (Å²) in [5.74, 6) is 0.810.